The van der Waals surface area contributed by atoms with Gasteiger partial charge in [-0.25, -0.2) is 9.78 Å². The largest absolute Gasteiger partial charge is 0.444 e. The first-order chi connectivity index (χ1) is 12.0. The molecule has 1 aromatic heterocycles. The van der Waals surface area contributed by atoms with Crippen molar-refractivity contribution >= 4 is 30.1 Å². The lowest BCUT2D eigenvalue weighted by molar-refractivity contribution is 0.0204. The van der Waals surface area contributed by atoms with Crippen molar-refractivity contribution in [3.63, 3.8) is 0 Å². The summed E-state index contributed by atoms with van der Waals surface area (Å²) in [6.07, 6.45) is 3.49. The number of ether oxygens (including phenoxy) is 2. The molecular weight excluding hydrogens is 414 g/mol. The summed E-state index contributed by atoms with van der Waals surface area (Å²) in [5, 5.41) is 0. The number of nitrogens with zero attached hydrogens (tertiary/aromatic N) is 3. The fraction of sp³-hybridized carbons (Fsp3) is 0.778. The SMILES string of the molecule is CC(C)(C)OC(=O)N1CCC[C@H]1c1nc(Br)cn1COCC[Si](C)(C)C. The van der Waals surface area contributed by atoms with Crippen molar-refractivity contribution in [2.75, 3.05) is 13.2 Å². The molecular formula is C18H32BrN3O3Si. The third-order valence-electron chi connectivity index (χ3n) is 4.18. The molecule has 0 bridgehead atoms. The van der Waals surface area contributed by atoms with Gasteiger partial charge in [-0.1, -0.05) is 19.6 Å². The summed E-state index contributed by atoms with van der Waals surface area (Å²) in [5.41, 5.74) is -0.500. The molecule has 0 spiro atoms. The smallest absolute Gasteiger partial charge is 0.410 e. The summed E-state index contributed by atoms with van der Waals surface area (Å²) in [5.74, 6) is 0.855. The number of aromatic nitrogens is 2. The first-order valence-corrected chi connectivity index (χ1v) is 13.8. The molecule has 0 aromatic carbocycles. The van der Waals surface area contributed by atoms with E-state index in [2.05, 4.69) is 40.6 Å². The van der Waals surface area contributed by atoms with Crippen LogP contribution >= 0.6 is 15.9 Å². The third-order valence-corrected chi connectivity index (χ3v) is 6.27. The number of hydrogen-bond acceptors (Lipinski definition) is 4. The highest BCUT2D eigenvalue weighted by molar-refractivity contribution is 9.10. The number of amides is 1. The van der Waals surface area contributed by atoms with Crippen LogP contribution in [0.4, 0.5) is 4.79 Å². The van der Waals surface area contributed by atoms with Crippen LogP contribution in [0, 0.1) is 0 Å². The van der Waals surface area contributed by atoms with Crippen molar-refractivity contribution in [2.24, 2.45) is 0 Å². The average molecular weight is 446 g/mol. The van der Waals surface area contributed by atoms with E-state index in [0.717, 1.165) is 35.9 Å². The Morgan fingerprint density at radius 2 is 2.08 bits per heavy atom. The first-order valence-electron chi connectivity index (χ1n) is 9.26. The number of halogens is 1. The number of carbonyl (C=O) groups is 1. The quantitative estimate of drug-likeness (QED) is 0.454. The van der Waals surface area contributed by atoms with Crippen molar-refractivity contribution in [2.45, 2.75) is 77.7 Å². The minimum absolute atomic E-state index is 0.0725. The van der Waals surface area contributed by atoms with E-state index in [9.17, 15) is 4.79 Å². The van der Waals surface area contributed by atoms with Crippen LogP contribution in [0.15, 0.2) is 10.8 Å². The molecule has 0 aliphatic carbocycles. The minimum Gasteiger partial charge on any atom is -0.444 e. The second-order valence-electron chi connectivity index (χ2n) is 9.07. The van der Waals surface area contributed by atoms with E-state index >= 15 is 0 Å². The molecule has 148 valence electrons. The van der Waals surface area contributed by atoms with Crippen molar-refractivity contribution in [1.82, 2.24) is 14.5 Å². The number of likely N-dealkylation sites (tertiary alicyclic amines) is 1. The lowest BCUT2D eigenvalue weighted by atomic mass is 10.2. The summed E-state index contributed by atoms with van der Waals surface area (Å²) in [6.45, 7) is 14.6. The Kier molecular flexibility index (Phi) is 6.96. The Balaban J connectivity index is 2.06. The zero-order valence-electron chi connectivity index (χ0n) is 16.8. The van der Waals surface area contributed by atoms with E-state index in [0.29, 0.717) is 13.3 Å². The zero-order valence-corrected chi connectivity index (χ0v) is 19.4. The zero-order chi connectivity index (χ0) is 19.5. The molecule has 1 aliphatic heterocycles. The summed E-state index contributed by atoms with van der Waals surface area (Å²) in [7, 11) is -1.11. The van der Waals surface area contributed by atoms with Gasteiger partial charge in [-0.2, -0.15) is 0 Å². The molecule has 8 heteroatoms. The molecule has 1 aliphatic rings. The predicted octanol–water partition coefficient (Wildman–Crippen LogP) is 5.03. The van der Waals surface area contributed by atoms with E-state index < -0.39 is 13.7 Å². The average Bonchev–Trinajstić information content (AvgIpc) is 3.06. The van der Waals surface area contributed by atoms with Crippen molar-refractivity contribution in [3.8, 4) is 0 Å². The van der Waals surface area contributed by atoms with E-state index in [1.54, 1.807) is 4.90 Å². The molecule has 1 aromatic rings. The van der Waals surface area contributed by atoms with Gasteiger partial charge in [0.05, 0.1) is 6.04 Å². The van der Waals surface area contributed by atoms with Gasteiger partial charge in [0.25, 0.3) is 0 Å². The van der Waals surface area contributed by atoms with Gasteiger partial charge in [0.15, 0.2) is 0 Å². The van der Waals surface area contributed by atoms with Crippen LogP contribution < -0.4 is 0 Å². The maximum Gasteiger partial charge on any atom is 0.410 e. The second kappa shape index (κ2) is 8.44. The van der Waals surface area contributed by atoms with Gasteiger partial charge in [0.2, 0.25) is 0 Å². The Morgan fingerprint density at radius 3 is 2.69 bits per heavy atom. The van der Waals surface area contributed by atoms with Crippen LogP contribution in [-0.4, -0.2) is 47.4 Å². The fourth-order valence-electron chi connectivity index (χ4n) is 2.88. The Labute approximate surface area is 166 Å². The van der Waals surface area contributed by atoms with Gasteiger partial charge in [0.1, 0.15) is 22.8 Å². The lowest BCUT2D eigenvalue weighted by Crippen LogP contribution is -2.37. The number of carbonyl (C=O) groups excluding carboxylic acids is 1. The fourth-order valence-corrected chi connectivity index (χ4v) is 4.07. The summed E-state index contributed by atoms with van der Waals surface area (Å²) in [6, 6.07) is 1.06. The molecule has 1 atom stereocenters. The van der Waals surface area contributed by atoms with Gasteiger partial charge < -0.3 is 14.0 Å². The monoisotopic (exact) mass is 445 g/mol. The van der Waals surface area contributed by atoms with Crippen LogP contribution in [-0.2, 0) is 16.2 Å². The predicted molar refractivity (Wildman–Crippen MR) is 109 cm³/mol. The maximum absolute atomic E-state index is 12.6. The van der Waals surface area contributed by atoms with Gasteiger partial charge in [-0.15, -0.1) is 0 Å². The summed E-state index contributed by atoms with van der Waals surface area (Å²) < 4.78 is 14.2. The van der Waals surface area contributed by atoms with Crippen molar-refractivity contribution < 1.29 is 14.3 Å². The molecule has 0 radical (unpaired) electrons. The van der Waals surface area contributed by atoms with E-state index in [4.69, 9.17) is 9.47 Å². The van der Waals surface area contributed by atoms with Crippen LogP contribution in [0.5, 0.6) is 0 Å². The van der Waals surface area contributed by atoms with Crippen LogP contribution in [0.25, 0.3) is 0 Å². The minimum atomic E-state index is -1.11. The van der Waals surface area contributed by atoms with E-state index in [-0.39, 0.29) is 12.1 Å². The number of rotatable bonds is 6. The third kappa shape index (κ3) is 6.39. The molecule has 1 fully saturated rings. The highest BCUT2D eigenvalue weighted by Gasteiger charge is 2.35. The Bertz CT molecular complexity index is 622. The van der Waals surface area contributed by atoms with E-state index in [1.807, 2.05) is 31.5 Å². The van der Waals surface area contributed by atoms with Crippen molar-refractivity contribution in [3.05, 3.63) is 16.6 Å². The highest BCUT2D eigenvalue weighted by Crippen LogP contribution is 2.33. The molecule has 0 saturated carbocycles. The lowest BCUT2D eigenvalue weighted by Gasteiger charge is -2.28. The summed E-state index contributed by atoms with van der Waals surface area (Å²) in [4.78, 5) is 19.0. The van der Waals surface area contributed by atoms with Crippen LogP contribution in [0.3, 0.4) is 0 Å². The van der Waals surface area contributed by atoms with Crippen LogP contribution in [0.2, 0.25) is 25.7 Å². The van der Waals surface area contributed by atoms with Crippen molar-refractivity contribution in [1.29, 1.82) is 0 Å². The summed E-state index contributed by atoms with van der Waals surface area (Å²) >= 11 is 3.46. The highest BCUT2D eigenvalue weighted by atomic mass is 79.9. The molecule has 1 amide bonds. The maximum atomic E-state index is 12.6. The topological polar surface area (TPSA) is 56.6 Å². The molecule has 2 heterocycles. The standard InChI is InChI=1S/C18H32BrN3O3Si/c1-18(2,3)25-17(23)22-9-7-8-14(22)16-20-15(19)12-21(16)13-24-10-11-26(4,5)6/h12,14H,7-11,13H2,1-6H3/t14-/m0/s1. The second-order valence-corrected chi connectivity index (χ2v) is 15.5. The van der Waals surface area contributed by atoms with E-state index in [1.165, 1.54) is 0 Å². The van der Waals surface area contributed by atoms with Gasteiger partial charge in [-0.05, 0) is 55.6 Å². The molecule has 0 N–H and O–H groups in total. The first kappa shape index (κ1) is 21.4. The van der Waals surface area contributed by atoms with Gasteiger partial charge in [0, 0.05) is 27.4 Å². The van der Waals surface area contributed by atoms with Gasteiger partial charge in [-0.3, -0.25) is 4.90 Å². The molecule has 0 unspecified atom stereocenters. The normalized spacial score (nSPS) is 18.4. The Morgan fingerprint density at radius 1 is 1.38 bits per heavy atom. The number of hydrogen-bond donors (Lipinski definition) is 0. The molecule has 6 nitrogen and oxygen atoms in total. The molecule has 1 saturated heterocycles. The molecule has 26 heavy (non-hydrogen) atoms. The molecule has 2 rings (SSSR count). The van der Waals surface area contributed by atoms with Gasteiger partial charge >= 0.3 is 6.09 Å². The Hall–Kier alpha value is -0.863. The number of imidazole rings is 1. The van der Waals surface area contributed by atoms with Crippen LogP contribution in [0.1, 0.15) is 45.5 Å².